The molecule has 12 heteroatoms. The summed E-state index contributed by atoms with van der Waals surface area (Å²) >= 11 is 0. The van der Waals surface area contributed by atoms with Crippen LogP contribution in [0.3, 0.4) is 0 Å². The molecule has 0 fully saturated rings. The first-order valence-electron chi connectivity index (χ1n) is 9.39. The molecule has 3 atom stereocenters. The van der Waals surface area contributed by atoms with E-state index in [0.717, 1.165) is 0 Å². The van der Waals surface area contributed by atoms with Gasteiger partial charge in [-0.05, 0) is 19.3 Å². The average Bonchev–Trinajstić information content (AvgIpc) is 2.65. The third-order valence-corrected chi connectivity index (χ3v) is 9.80. The van der Waals surface area contributed by atoms with Crippen molar-refractivity contribution in [2.75, 3.05) is 21.3 Å². The topological polar surface area (TPSA) is 93.7 Å². The predicted molar refractivity (Wildman–Crippen MR) is 114 cm³/mol. The lowest BCUT2D eigenvalue weighted by molar-refractivity contribution is 0.350. The van der Waals surface area contributed by atoms with Gasteiger partial charge in [-0.1, -0.05) is 20.8 Å². The van der Waals surface area contributed by atoms with Crippen molar-refractivity contribution in [3.05, 3.63) is 31.5 Å². The fourth-order valence-electron chi connectivity index (χ4n) is 3.23. The molecule has 0 saturated heterocycles. The van der Waals surface area contributed by atoms with Gasteiger partial charge in [0.25, 0.3) is 0 Å². The van der Waals surface area contributed by atoms with E-state index in [0.29, 0.717) is 19.3 Å². The maximum absolute atomic E-state index is 13.2. The Balaban J connectivity index is 3.90. The van der Waals surface area contributed by atoms with Gasteiger partial charge < -0.3 is 13.3 Å². The molecule has 156 valence electrons. The van der Waals surface area contributed by atoms with Crippen molar-refractivity contribution in [2.24, 2.45) is 0 Å². The van der Waals surface area contributed by atoms with Gasteiger partial charge in [0, 0.05) is 21.3 Å². The van der Waals surface area contributed by atoms with Gasteiger partial charge >= 0.3 is 17.1 Å². The van der Waals surface area contributed by atoms with Crippen molar-refractivity contribution in [3.63, 3.8) is 0 Å². The standard InChI is InChI=1S/C15H33N3O6Si3/c1-7-10(25-22-4)16-13(19)17(11(8-2)26-23-5)15(21)18(14(16)20)12(9-3)27-24-6/h10-12H,7-9,25-27H2,1-6H3. The molecule has 0 aliphatic carbocycles. The van der Waals surface area contributed by atoms with E-state index in [1.165, 1.54) is 13.7 Å². The lowest BCUT2D eigenvalue weighted by Gasteiger charge is -2.25. The van der Waals surface area contributed by atoms with E-state index in [1.807, 2.05) is 20.8 Å². The minimum absolute atomic E-state index is 0.295. The molecule has 0 saturated carbocycles. The minimum atomic E-state index is -1.14. The van der Waals surface area contributed by atoms with Crippen molar-refractivity contribution in [2.45, 2.75) is 57.0 Å². The zero-order valence-corrected chi connectivity index (χ0v) is 21.5. The largest absolute Gasteiger partial charge is 0.425 e. The fraction of sp³-hybridized carbons (Fsp3) is 0.800. The quantitative estimate of drug-likeness (QED) is 0.356. The van der Waals surface area contributed by atoms with E-state index in [-0.39, 0.29) is 17.0 Å². The second-order valence-corrected chi connectivity index (χ2v) is 12.1. The van der Waals surface area contributed by atoms with Crippen LogP contribution in [-0.2, 0) is 13.3 Å². The Kier molecular flexibility index (Phi) is 10.4. The Hall–Kier alpha value is -1.06. The Labute approximate surface area is 166 Å². The van der Waals surface area contributed by atoms with Crippen molar-refractivity contribution in [3.8, 4) is 0 Å². The molecule has 3 unspecified atom stereocenters. The first-order valence-corrected chi connectivity index (χ1v) is 13.6. The molecule has 0 radical (unpaired) electrons. The maximum Gasteiger partial charge on any atom is 0.336 e. The first kappa shape index (κ1) is 24.0. The van der Waals surface area contributed by atoms with Gasteiger partial charge in [0.1, 0.15) is 0 Å². The van der Waals surface area contributed by atoms with Crippen LogP contribution in [0, 0.1) is 0 Å². The van der Waals surface area contributed by atoms with Crippen molar-refractivity contribution < 1.29 is 13.3 Å². The summed E-state index contributed by atoms with van der Waals surface area (Å²) in [5.41, 5.74) is -2.50. The summed E-state index contributed by atoms with van der Waals surface area (Å²) in [7, 11) is 1.35. The van der Waals surface area contributed by atoms with Crippen LogP contribution in [0.1, 0.15) is 57.0 Å². The molecular weight excluding hydrogens is 402 g/mol. The Morgan fingerprint density at radius 1 is 0.630 bits per heavy atom. The highest BCUT2D eigenvalue weighted by Crippen LogP contribution is 2.10. The van der Waals surface area contributed by atoms with Crippen LogP contribution >= 0.6 is 0 Å². The molecular formula is C15H33N3O6Si3. The zero-order valence-electron chi connectivity index (χ0n) is 17.3. The van der Waals surface area contributed by atoms with E-state index in [1.54, 1.807) is 21.3 Å². The van der Waals surface area contributed by atoms with Gasteiger partial charge in [0.15, 0.2) is 29.3 Å². The Morgan fingerprint density at radius 2 is 0.852 bits per heavy atom. The molecule has 1 rings (SSSR count). The number of hydrogen-bond acceptors (Lipinski definition) is 6. The highest BCUT2D eigenvalue weighted by Gasteiger charge is 2.27. The average molecular weight is 436 g/mol. The van der Waals surface area contributed by atoms with E-state index in [2.05, 4.69) is 0 Å². The maximum atomic E-state index is 13.2. The third-order valence-electron chi connectivity index (χ3n) is 4.82. The van der Waals surface area contributed by atoms with Gasteiger partial charge in [0.05, 0.1) is 17.0 Å². The zero-order chi connectivity index (χ0) is 20.6. The number of aromatic nitrogens is 3. The molecule has 9 nitrogen and oxygen atoms in total. The third kappa shape index (κ3) is 5.26. The molecule has 1 heterocycles. The molecule has 0 aliphatic rings. The van der Waals surface area contributed by atoms with E-state index in [4.69, 9.17) is 13.3 Å². The smallest absolute Gasteiger partial charge is 0.336 e. The Morgan fingerprint density at radius 3 is 1.00 bits per heavy atom. The SMILES string of the molecule is CCC([SiH2]OC)n1c(=O)n(C(CC)[SiH2]OC)c(=O)n(C(CC)[SiH2]OC)c1=O. The van der Waals surface area contributed by atoms with Crippen LogP contribution < -0.4 is 17.1 Å². The molecule has 0 bridgehead atoms. The van der Waals surface area contributed by atoms with Crippen LogP contribution in [0.25, 0.3) is 0 Å². The minimum Gasteiger partial charge on any atom is -0.425 e. The van der Waals surface area contributed by atoms with Crippen molar-refractivity contribution in [1.82, 2.24) is 13.7 Å². The molecule has 0 aromatic carbocycles. The summed E-state index contributed by atoms with van der Waals surface area (Å²) < 4.78 is 19.8. The van der Waals surface area contributed by atoms with Gasteiger partial charge in [-0.3, -0.25) is 0 Å². The number of rotatable bonds is 12. The second-order valence-electron chi connectivity index (χ2n) is 6.51. The fourth-order valence-corrected chi connectivity index (χ4v) is 6.48. The molecule has 0 spiro atoms. The summed E-state index contributed by atoms with van der Waals surface area (Å²) in [5, 5.41) is 0. The lowest BCUT2D eigenvalue weighted by atomic mass is 10.4. The number of nitrogens with zero attached hydrogens (tertiary/aromatic N) is 3. The summed E-state index contributed by atoms with van der Waals surface area (Å²) in [6.45, 7) is 5.76. The van der Waals surface area contributed by atoms with Crippen LogP contribution in [0.5, 0.6) is 0 Å². The molecule has 1 aromatic rings. The molecule has 0 N–H and O–H groups in total. The van der Waals surface area contributed by atoms with Crippen LogP contribution in [0.4, 0.5) is 0 Å². The summed E-state index contributed by atoms with van der Waals surface area (Å²) in [6.07, 6.45) is 1.80. The Bertz CT molecular complexity index is 632. The second kappa shape index (κ2) is 11.7. The van der Waals surface area contributed by atoms with Crippen molar-refractivity contribution in [1.29, 1.82) is 0 Å². The van der Waals surface area contributed by atoms with Gasteiger partial charge in [-0.2, -0.15) is 0 Å². The van der Waals surface area contributed by atoms with Crippen LogP contribution in [0.2, 0.25) is 0 Å². The molecule has 0 amide bonds. The predicted octanol–water partition coefficient (Wildman–Crippen LogP) is -1.91. The lowest BCUT2D eigenvalue weighted by Crippen LogP contribution is -2.59. The van der Waals surface area contributed by atoms with Gasteiger partial charge in [-0.25, -0.2) is 28.1 Å². The van der Waals surface area contributed by atoms with E-state index in [9.17, 15) is 14.4 Å². The van der Waals surface area contributed by atoms with Crippen LogP contribution in [0.15, 0.2) is 14.4 Å². The summed E-state index contributed by atoms with van der Waals surface area (Å²) in [6, 6.07) is 0. The normalized spacial score (nSPS) is 16.2. The first-order chi connectivity index (χ1) is 12.9. The van der Waals surface area contributed by atoms with E-state index >= 15 is 0 Å². The van der Waals surface area contributed by atoms with Gasteiger partial charge in [-0.15, -0.1) is 0 Å². The summed E-state index contributed by atoms with van der Waals surface area (Å²) in [4.78, 5) is 39.6. The summed E-state index contributed by atoms with van der Waals surface area (Å²) in [5.74, 6) is 0. The van der Waals surface area contributed by atoms with E-state index < -0.39 is 46.4 Å². The number of hydrogen-bond donors (Lipinski definition) is 0. The molecule has 0 aliphatic heterocycles. The molecule has 1 aromatic heterocycles. The monoisotopic (exact) mass is 435 g/mol. The van der Waals surface area contributed by atoms with Gasteiger partial charge in [0.2, 0.25) is 0 Å². The highest BCUT2D eigenvalue weighted by atomic mass is 28.2. The van der Waals surface area contributed by atoms with Crippen LogP contribution in [-0.4, -0.2) is 64.3 Å². The highest BCUT2D eigenvalue weighted by molar-refractivity contribution is 6.29. The van der Waals surface area contributed by atoms with Crippen molar-refractivity contribution >= 4 is 29.3 Å². The molecule has 27 heavy (non-hydrogen) atoms.